The number of hydrogen-bond acceptors (Lipinski definition) is 7. The van der Waals surface area contributed by atoms with E-state index in [9.17, 15) is 4.79 Å². The van der Waals surface area contributed by atoms with Crippen molar-refractivity contribution >= 4 is 32.9 Å². The van der Waals surface area contributed by atoms with E-state index in [4.69, 9.17) is 9.72 Å². The predicted octanol–water partition coefficient (Wildman–Crippen LogP) is 7.93. The molecule has 237 valence electrons. The van der Waals surface area contributed by atoms with Crippen LogP contribution in [0.15, 0.2) is 79.5 Å². The number of rotatable bonds is 14. The number of allylic oxidation sites excluding steroid dienone is 1. The van der Waals surface area contributed by atoms with Crippen LogP contribution >= 0.6 is 11.3 Å². The summed E-state index contributed by atoms with van der Waals surface area (Å²) >= 11 is 4.12. The summed E-state index contributed by atoms with van der Waals surface area (Å²) in [5.74, 6) is 0.727. The second kappa shape index (κ2) is 15.6. The van der Waals surface area contributed by atoms with Gasteiger partial charge >= 0.3 is 266 Å². The number of para-hydroxylation sites is 1. The Labute approximate surface area is 282 Å². The minimum atomic E-state index is -0.690. The molecule has 1 fully saturated rings. The van der Waals surface area contributed by atoms with E-state index in [0.29, 0.717) is 39.5 Å². The van der Waals surface area contributed by atoms with E-state index in [0.717, 1.165) is 52.5 Å². The molecule has 4 aromatic rings. The van der Waals surface area contributed by atoms with Crippen molar-refractivity contribution in [3.05, 3.63) is 113 Å². The molecule has 2 heterocycles. The molecule has 0 aliphatic heterocycles. The Kier molecular flexibility index (Phi) is 11.3. The molecule has 2 N–H and O–H groups in total. The van der Waals surface area contributed by atoms with E-state index in [1.807, 2.05) is 63.5 Å². The first-order valence-electron chi connectivity index (χ1n) is 15.7. The van der Waals surface area contributed by atoms with Crippen molar-refractivity contribution < 1.29 is 30.9 Å². The fraction of sp³-hybridized carbons (Fsp3) is 0.306. The first-order valence-corrected chi connectivity index (χ1v) is 17.2. The molecule has 1 amide bonds. The van der Waals surface area contributed by atoms with E-state index in [-0.39, 0.29) is 11.6 Å². The van der Waals surface area contributed by atoms with E-state index >= 15 is 4.39 Å². The molecule has 1 unspecified atom stereocenters. The first kappa shape index (κ1) is 33.4. The maximum atomic E-state index is 15.2. The van der Waals surface area contributed by atoms with Crippen molar-refractivity contribution in [3.8, 4) is 10.4 Å². The molecule has 1 aliphatic carbocycles. The third-order valence-corrected chi connectivity index (χ3v) is 9.71. The van der Waals surface area contributed by atoms with Crippen LogP contribution in [0.3, 0.4) is 0 Å². The van der Waals surface area contributed by atoms with Gasteiger partial charge in [0.15, 0.2) is 0 Å². The van der Waals surface area contributed by atoms with Crippen LogP contribution in [0, 0.1) is 5.82 Å². The standard InChI is InChI=1S/C36H38FN5O2S.V/c1-5-13-29(35(43)42-33-27(18-12-19-28(33)37)23(4)24-14-9-8-10-15-24)40-32(7-3)44-22-30-34(26-20-38-31(6-2)39-21-26)45-36(41-30)25-16-11-17-25;/h7-10,12,14-15,18-21,25,29,40H,4-6,11,13,16-17H2,1-3H3,(H,42,43);/b32-7+;. The molecular weight excluding hydrogens is 636 g/mol. The zero-order valence-electron chi connectivity index (χ0n) is 26.3. The van der Waals surface area contributed by atoms with Gasteiger partial charge in [-0.15, -0.1) is 0 Å². The predicted molar refractivity (Wildman–Crippen MR) is 180 cm³/mol. The monoisotopic (exact) mass is 674 g/mol. The normalized spacial score (nSPS) is 13.8. The number of amides is 1. The zero-order valence-corrected chi connectivity index (χ0v) is 28.6. The van der Waals surface area contributed by atoms with Crippen LogP contribution < -0.4 is 10.6 Å². The Bertz CT molecular complexity index is 1740. The Morgan fingerprint density at radius 3 is 2.52 bits per heavy atom. The van der Waals surface area contributed by atoms with Crippen LogP contribution in [-0.2, 0) is 32.9 Å². The van der Waals surface area contributed by atoms with Crippen LogP contribution in [0.1, 0.15) is 86.4 Å². The summed E-state index contributed by atoms with van der Waals surface area (Å²) in [6, 6.07) is 13.5. The number of hydrogen-bond donors (Lipinski definition) is 2. The third-order valence-electron chi connectivity index (χ3n) is 7.97. The number of aromatic nitrogens is 3. The van der Waals surface area contributed by atoms with Gasteiger partial charge in [0.25, 0.3) is 0 Å². The van der Waals surface area contributed by atoms with Crippen LogP contribution in [-0.4, -0.2) is 31.3 Å². The summed E-state index contributed by atoms with van der Waals surface area (Å²) < 4.78 is 22.1. The molecule has 2 aromatic heterocycles. The Morgan fingerprint density at radius 2 is 1.89 bits per heavy atom. The van der Waals surface area contributed by atoms with Crippen LogP contribution in [0.25, 0.3) is 16.0 Å². The number of halogens is 1. The quantitative estimate of drug-likeness (QED) is 0.132. The maximum absolute atomic E-state index is 15.2. The molecule has 1 atom stereocenters. The Morgan fingerprint density at radius 1 is 1.15 bits per heavy atom. The molecule has 0 saturated heterocycles. The third kappa shape index (κ3) is 7.72. The number of nitrogens with one attached hydrogen (secondary N) is 2. The summed E-state index contributed by atoms with van der Waals surface area (Å²) in [6.45, 7) is 10.0. The Balaban J connectivity index is 1.35. The van der Waals surface area contributed by atoms with Gasteiger partial charge in [0, 0.05) is 0 Å². The van der Waals surface area contributed by atoms with Crippen molar-refractivity contribution in [2.45, 2.75) is 71.3 Å². The zero-order chi connectivity index (χ0) is 32.6. The van der Waals surface area contributed by atoms with Gasteiger partial charge in [0.05, 0.1) is 0 Å². The van der Waals surface area contributed by atoms with Crippen LogP contribution in [0.4, 0.5) is 10.1 Å². The van der Waals surface area contributed by atoms with E-state index < -0.39 is 11.9 Å². The fourth-order valence-electron chi connectivity index (χ4n) is 5.12. The number of thiazole rings is 1. The van der Waals surface area contributed by atoms with Gasteiger partial charge < -0.3 is 0 Å². The van der Waals surface area contributed by atoms with Crippen LogP contribution in [0.2, 0.25) is 0 Å². The number of aryl methyl sites for hydroxylation is 1. The topological polar surface area (TPSA) is 89.0 Å². The summed E-state index contributed by atoms with van der Waals surface area (Å²) in [4.78, 5) is 28.7. The average Bonchev–Trinajstić information content (AvgIpc) is 3.49. The van der Waals surface area contributed by atoms with E-state index in [1.54, 1.807) is 29.5 Å². The number of benzene rings is 2. The fourth-order valence-corrected chi connectivity index (χ4v) is 6.86. The van der Waals surface area contributed by atoms with Gasteiger partial charge in [-0.25, -0.2) is 0 Å². The summed E-state index contributed by atoms with van der Waals surface area (Å²) in [6.07, 6.45) is 10.9. The summed E-state index contributed by atoms with van der Waals surface area (Å²) in [7, 11) is 0. The number of anilines is 1. The molecule has 0 spiro atoms. The van der Waals surface area contributed by atoms with Crippen LogP contribution in [0.5, 0.6) is 0 Å². The van der Waals surface area contributed by atoms with Gasteiger partial charge in [-0.05, 0) is 0 Å². The second-order valence-electron chi connectivity index (χ2n) is 11.1. The molecule has 46 heavy (non-hydrogen) atoms. The van der Waals surface area contributed by atoms with E-state index in [1.165, 1.54) is 12.5 Å². The molecule has 10 heteroatoms. The van der Waals surface area contributed by atoms with Crippen molar-refractivity contribution in [2.75, 3.05) is 5.32 Å². The molecule has 1 aliphatic rings. The average molecular weight is 675 g/mol. The summed E-state index contributed by atoms with van der Waals surface area (Å²) in [5.41, 5.74) is 3.68. The number of nitrogens with zero attached hydrogens (tertiary/aromatic N) is 3. The molecule has 2 aromatic carbocycles. The first-order chi connectivity index (χ1) is 22.3. The van der Waals surface area contributed by atoms with Gasteiger partial charge in [-0.2, -0.15) is 0 Å². The number of carbonyl (C=O) groups is 1. The van der Waals surface area contributed by atoms with Gasteiger partial charge in [-0.3, -0.25) is 0 Å². The molecule has 0 bridgehead atoms. The van der Waals surface area contributed by atoms with E-state index in [2.05, 4.69) is 44.2 Å². The number of ether oxygens (including phenoxy) is 1. The minimum absolute atomic E-state index is 0.0959. The van der Waals surface area contributed by atoms with Gasteiger partial charge in [0.1, 0.15) is 0 Å². The molecular formula is C36H38FN5O2SV. The molecule has 7 nitrogen and oxygen atoms in total. The second-order valence-corrected chi connectivity index (χ2v) is 12.8. The summed E-state index contributed by atoms with van der Waals surface area (Å²) in [5, 5.41) is 7.18. The Hall–Kier alpha value is -3.92. The molecule has 5 rings (SSSR count). The van der Waals surface area contributed by atoms with Crippen molar-refractivity contribution in [1.29, 1.82) is 0 Å². The SMILES string of the molecule is C=C(c1ccccc1)c1cccc(F)c1NC(=O)C(CCC)N/C(=C\C)O[C](=[V])c1nc(C2CCC2)sc1-c1cnc(CC)nc1. The van der Waals surface area contributed by atoms with Crippen molar-refractivity contribution in [1.82, 2.24) is 20.3 Å². The van der Waals surface area contributed by atoms with Gasteiger partial charge in [0.2, 0.25) is 0 Å². The van der Waals surface area contributed by atoms with Crippen molar-refractivity contribution in [2.24, 2.45) is 0 Å². The van der Waals surface area contributed by atoms with Crippen molar-refractivity contribution in [3.63, 3.8) is 0 Å². The number of carbonyl (C=O) groups excluding carboxylic acids is 1. The molecule has 0 radical (unpaired) electrons. The van der Waals surface area contributed by atoms with Gasteiger partial charge in [-0.1, -0.05) is 18.2 Å². The molecule has 1 saturated carbocycles.